The molecule has 0 radical (unpaired) electrons. The number of benzene rings is 4. The molecule has 0 aromatic heterocycles. The first-order chi connectivity index (χ1) is 21.2. The summed E-state index contributed by atoms with van der Waals surface area (Å²) in [6, 6.07) is 31.3. The number of carbonyl (C=O) groups excluding carboxylic acids is 2. The van der Waals surface area contributed by atoms with E-state index in [0.29, 0.717) is 12.2 Å². The Labute approximate surface area is 269 Å². The average molecular weight is 677 g/mol. The molecule has 1 atom stereocenters. The van der Waals surface area contributed by atoms with E-state index >= 15 is 0 Å². The number of hydrogen-bond acceptors (Lipinski definition) is 4. The molecular weight excluding hydrogens is 638 g/mol. The predicted molar refractivity (Wildman–Crippen MR) is 179 cm³/mol. The molecule has 2 amide bonds. The minimum atomic E-state index is -4.12. The molecule has 0 heterocycles. The van der Waals surface area contributed by atoms with Gasteiger partial charge in [0.25, 0.3) is 10.0 Å². The van der Waals surface area contributed by atoms with Crippen LogP contribution >= 0.6 is 15.9 Å². The maximum absolute atomic E-state index is 14.4. The van der Waals surface area contributed by atoms with Crippen LogP contribution in [0, 0.1) is 6.92 Å². The molecule has 0 bridgehead atoms. The summed E-state index contributed by atoms with van der Waals surface area (Å²) < 4.78 is 30.0. The van der Waals surface area contributed by atoms with Gasteiger partial charge in [0.15, 0.2) is 0 Å². The molecule has 0 aliphatic carbocycles. The molecule has 0 aliphatic rings. The summed E-state index contributed by atoms with van der Waals surface area (Å²) in [7, 11) is -4.12. The van der Waals surface area contributed by atoms with Gasteiger partial charge in [-0.25, -0.2) is 8.42 Å². The number of anilines is 1. The summed E-state index contributed by atoms with van der Waals surface area (Å²) >= 11 is 3.46. The number of halogens is 1. The Balaban J connectivity index is 1.77. The molecule has 0 aliphatic heterocycles. The molecule has 1 N–H and O–H groups in total. The number of rotatable bonds is 14. The zero-order valence-electron chi connectivity index (χ0n) is 25.0. The molecule has 9 heteroatoms. The van der Waals surface area contributed by atoms with Gasteiger partial charge < -0.3 is 10.2 Å². The molecule has 0 fully saturated rings. The molecule has 4 rings (SSSR count). The van der Waals surface area contributed by atoms with Gasteiger partial charge in [0.05, 0.1) is 10.6 Å². The first-order valence-corrected chi connectivity index (χ1v) is 16.9. The number of nitrogens with one attached hydrogen (secondary N) is 1. The van der Waals surface area contributed by atoms with Crippen molar-refractivity contribution in [2.24, 2.45) is 0 Å². The van der Waals surface area contributed by atoms with Crippen molar-refractivity contribution in [1.29, 1.82) is 0 Å². The fourth-order valence-corrected chi connectivity index (χ4v) is 6.51. The summed E-state index contributed by atoms with van der Waals surface area (Å²) in [6.45, 7) is 4.08. The van der Waals surface area contributed by atoms with E-state index in [0.717, 1.165) is 38.3 Å². The number of carbonyl (C=O) groups is 2. The van der Waals surface area contributed by atoms with Crippen LogP contribution in [0.1, 0.15) is 36.5 Å². The first-order valence-electron chi connectivity index (χ1n) is 14.7. The van der Waals surface area contributed by atoms with E-state index in [1.807, 2.05) is 80.6 Å². The second kappa shape index (κ2) is 15.7. The summed E-state index contributed by atoms with van der Waals surface area (Å²) in [4.78, 5) is 29.8. The average Bonchev–Trinajstić information content (AvgIpc) is 3.03. The third-order valence-electron chi connectivity index (χ3n) is 7.30. The lowest BCUT2D eigenvalue weighted by Gasteiger charge is -2.34. The zero-order chi connectivity index (χ0) is 31.5. The molecule has 0 saturated heterocycles. The number of nitrogens with zero attached hydrogens (tertiary/aromatic N) is 2. The van der Waals surface area contributed by atoms with Gasteiger partial charge in [0, 0.05) is 24.0 Å². The van der Waals surface area contributed by atoms with E-state index < -0.39 is 28.5 Å². The molecule has 1 unspecified atom stereocenters. The Hall–Kier alpha value is -3.95. The van der Waals surface area contributed by atoms with Crippen molar-refractivity contribution in [2.45, 2.75) is 50.6 Å². The van der Waals surface area contributed by atoms with Gasteiger partial charge in [-0.15, -0.1) is 0 Å². The van der Waals surface area contributed by atoms with Crippen LogP contribution in [-0.4, -0.2) is 44.3 Å². The third kappa shape index (κ3) is 8.80. The highest BCUT2D eigenvalue weighted by molar-refractivity contribution is 9.10. The molecule has 4 aromatic carbocycles. The quantitative estimate of drug-likeness (QED) is 0.154. The number of unbranched alkanes of at least 4 members (excludes halogenated alkanes) is 1. The minimum absolute atomic E-state index is 0.0750. The Morgan fingerprint density at radius 2 is 1.43 bits per heavy atom. The molecule has 230 valence electrons. The highest BCUT2D eigenvalue weighted by Gasteiger charge is 2.34. The van der Waals surface area contributed by atoms with Crippen molar-refractivity contribution in [3.63, 3.8) is 0 Å². The Morgan fingerprint density at radius 1 is 0.818 bits per heavy atom. The number of hydrogen-bond donors (Lipinski definition) is 1. The van der Waals surface area contributed by atoms with Gasteiger partial charge >= 0.3 is 0 Å². The van der Waals surface area contributed by atoms with Gasteiger partial charge in [0.2, 0.25) is 11.8 Å². The molecule has 44 heavy (non-hydrogen) atoms. The van der Waals surface area contributed by atoms with E-state index in [-0.39, 0.29) is 23.8 Å². The first kappa shape index (κ1) is 33.0. The summed E-state index contributed by atoms with van der Waals surface area (Å²) in [5.41, 5.74) is 3.03. The van der Waals surface area contributed by atoms with Crippen LogP contribution in [0.25, 0.3) is 0 Å². The summed E-state index contributed by atoms with van der Waals surface area (Å²) in [5, 5.41) is 3.01. The van der Waals surface area contributed by atoms with E-state index in [1.165, 1.54) is 17.0 Å². The maximum atomic E-state index is 14.4. The van der Waals surface area contributed by atoms with Crippen LogP contribution in [-0.2, 0) is 32.6 Å². The van der Waals surface area contributed by atoms with Gasteiger partial charge in [-0.3, -0.25) is 13.9 Å². The minimum Gasteiger partial charge on any atom is -0.354 e. The number of amides is 2. The molecule has 4 aromatic rings. The maximum Gasteiger partial charge on any atom is 0.264 e. The topological polar surface area (TPSA) is 86.8 Å². The van der Waals surface area contributed by atoms with Crippen LogP contribution in [0.3, 0.4) is 0 Å². The Bertz CT molecular complexity index is 1610. The van der Waals surface area contributed by atoms with Crippen molar-refractivity contribution in [3.05, 3.63) is 130 Å². The predicted octanol–water partition coefficient (Wildman–Crippen LogP) is 6.51. The monoisotopic (exact) mass is 675 g/mol. The summed E-state index contributed by atoms with van der Waals surface area (Å²) in [6.07, 6.45) is 1.99. The van der Waals surface area contributed by atoms with Crippen LogP contribution in [0.15, 0.2) is 119 Å². The van der Waals surface area contributed by atoms with Gasteiger partial charge in [-0.1, -0.05) is 108 Å². The third-order valence-corrected chi connectivity index (χ3v) is 9.62. The smallest absolute Gasteiger partial charge is 0.264 e. The van der Waals surface area contributed by atoms with Gasteiger partial charge in [-0.2, -0.15) is 0 Å². The molecule has 0 spiro atoms. The van der Waals surface area contributed by atoms with E-state index in [2.05, 4.69) is 21.2 Å². The normalized spacial score (nSPS) is 11.9. The van der Waals surface area contributed by atoms with Crippen LogP contribution in [0.4, 0.5) is 5.69 Å². The largest absolute Gasteiger partial charge is 0.354 e. The lowest BCUT2D eigenvalue weighted by atomic mass is 10.0. The van der Waals surface area contributed by atoms with Gasteiger partial charge in [0.1, 0.15) is 12.6 Å². The zero-order valence-corrected chi connectivity index (χ0v) is 27.4. The van der Waals surface area contributed by atoms with E-state index in [9.17, 15) is 18.0 Å². The fraction of sp³-hybridized carbons (Fsp3) is 0.257. The van der Waals surface area contributed by atoms with Crippen LogP contribution in [0.5, 0.6) is 0 Å². The second-order valence-corrected chi connectivity index (χ2v) is 13.4. The second-order valence-electron chi connectivity index (χ2n) is 10.7. The molecule has 7 nitrogen and oxygen atoms in total. The standard InChI is InChI=1S/C35H38BrN3O4S/c1-3-4-23-37-35(41)33(24-28-11-7-5-8-12-28)38(25-29-17-19-30(36)20-18-29)34(40)26-39(31-21-15-27(2)16-22-31)44(42,43)32-13-9-6-10-14-32/h5-22,33H,3-4,23-26H2,1-2H3,(H,37,41). The molecular formula is C35H38BrN3O4S. The Kier molecular flexibility index (Phi) is 11.7. The van der Waals surface area contributed by atoms with E-state index in [4.69, 9.17) is 0 Å². The fourth-order valence-electron chi connectivity index (χ4n) is 4.81. The lowest BCUT2D eigenvalue weighted by molar-refractivity contribution is -0.140. The van der Waals surface area contributed by atoms with Crippen molar-refractivity contribution in [1.82, 2.24) is 10.2 Å². The number of aryl methyl sites for hydroxylation is 1. The van der Waals surface area contributed by atoms with Crippen molar-refractivity contribution in [3.8, 4) is 0 Å². The summed E-state index contributed by atoms with van der Waals surface area (Å²) in [5.74, 6) is -0.764. The number of sulfonamides is 1. The van der Waals surface area contributed by atoms with E-state index in [1.54, 1.807) is 30.3 Å². The van der Waals surface area contributed by atoms with Crippen molar-refractivity contribution in [2.75, 3.05) is 17.4 Å². The van der Waals surface area contributed by atoms with Crippen molar-refractivity contribution < 1.29 is 18.0 Å². The highest BCUT2D eigenvalue weighted by Crippen LogP contribution is 2.25. The highest BCUT2D eigenvalue weighted by atomic mass is 79.9. The Morgan fingerprint density at radius 3 is 2.05 bits per heavy atom. The molecule has 0 saturated carbocycles. The lowest BCUT2D eigenvalue weighted by Crippen LogP contribution is -2.53. The van der Waals surface area contributed by atoms with Crippen molar-refractivity contribution >= 4 is 43.5 Å². The SMILES string of the molecule is CCCCNC(=O)C(Cc1ccccc1)N(Cc1ccc(Br)cc1)C(=O)CN(c1ccc(C)cc1)S(=O)(=O)c1ccccc1. The van der Waals surface area contributed by atoms with Crippen LogP contribution in [0.2, 0.25) is 0 Å². The van der Waals surface area contributed by atoms with Gasteiger partial charge in [-0.05, 0) is 60.9 Å². The van der Waals surface area contributed by atoms with Crippen LogP contribution < -0.4 is 9.62 Å².